The third kappa shape index (κ3) is 1.46. The van der Waals surface area contributed by atoms with Gasteiger partial charge in [-0.05, 0) is 18.9 Å². The predicted molar refractivity (Wildman–Crippen MR) is 50.7 cm³/mol. The molecule has 0 spiro atoms. The minimum absolute atomic E-state index is 0.160. The molecule has 0 heterocycles. The summed E-state index contributed by atoms with van der Waals surface area (Å²) >= 11 is 0. The summed E-state index contributed by atoms with van der Waals surface area (Å²) in [6.07, 6.45) is 4.05. The lowest BCUT2D eigenvalue weighted by Gasteiger charge is -2.24. The van der Waals surface area contributed by atoms with Crippen molar-refractivity contribution in [2.75, 3.05) is 0 Å². The van der Waals surface area contributed by atoms with E-state index in [1.54, 1.807) is 12.1 Å². The molecule has 1 aromatic rings. The first-order chi connectivity index (χ1) is 6.22. The van der Waals surface area contributed by atoms with Gasteiger partial charge in [-0.3, -0.25) is 0 Å². The molecule has 0 atom stereocenters. The van der Waals surface area contributed by atoms with E-state index in [1.165, 1.54) is 6.07 Å². The summed E-state index contributed by atoms with van der Waals surface area (Å²) in [7, 11) is 0. The van der Waals surface area contributed by atoms with Crippen molar-refractivity contribution in [2.45, 2.75) is 31.2 Å². The maximum atomic E-state index is 13.4. The summed E-state index contributed by atoms with van der Waals surface area (Å²) in [6, 6.07) is 6.85. The quantitative estimate of drug-likeness (QED) is 0.704. The topological polar surface area (TPSA) is 26.0 Å². The molecule has 0 bridgehead atoms. The number of hydrogen-bond donors (Lipinski definition) is 1. The van der Waals surface area contributed by atoms with E-state index in [0.717, 1.165) is 25.7 Å². The van der Waals surface area contributed by atoms with Crippen LogP contribution >= 0.6 is 0 Å². The molecule has 0 unspecified atom stereocenters. The maximum Gasteiger partial charge on any atom is 0.128 e. The molecule has 2 N–H and O–H groups in total. The lowest BCUT2D eigenvalue weighted by molar-refractivity contribution is 0.433. The fraction of sp³-hybridized carbons (Fsp3) is 0.455. The van der Waals surface area contributed by atoms with Crippen LogP contribution < -0.4 is 5.73 Å². The third-order valence-electron chi connectivity index (χ3n) is 2.91. The van der Waals surface area contributed by atoms with E-state index in [1.807, 2.05) is 6.07 Å². The second-order valence-electron chi connectivity index (χ2n) is 3.84. The van der Waals surface area contributed by atoms with Gasteiger partial charge < -0.3 is 5.73 Å². The Labute approximate surface area is 77.8 Å². The van der Waals surface area contributed by atoms with E-state index in [4.69, 9.17) is 5.73 Å². The van der Waals surface area contributed by atoms with E-state index in [-0.39, 0.29) is 5.82 Å². The van der Waals surface area contributed by atoms with Gasteiger partial charge in [0.2, 0.25) is 0 Å². The van der Waals surface area contributed by atoms with Gasteiger partial charge in [-0.2, -0.15) is 0 Å². The SMILES string of the molecule is NC1(c2ccccc2F)CCCC1. The van der Waals surface area contributed by atoms with Crippen LogP contribution in [0.3, 0.4) is 0 Å². The van der Waals surface area contributed by atoms with E-state index >= 15 is 0 Å². The summed E-state index contributed by atoms with van der Waals surface area (Å²) in [6.45, 7) is 0. The van der Waals surface area contributed by atoms with Crippen LogP contribution in [0.15, 0.2) is 24.3 Å². The zero-order chi connectivity index (χ0) is 9.31. The van der Waals surface area contributed by atoms with Crippen LogP contribution in [0.1, 0.15) is 31.2 Å². The molecule has 0 aliphatic heterocycles. The third-order valence-corrected chi connectivity index (χ3v) is 2.91. The fourth-order valence-corrected chi connectivity index (χ4v) is 2.14. The Morgan fingerprint density at radius 3 is 2.38 bits per heavy atom. The number of benzene rings is 1. The molecule has 1 aliphatic carbocycles. The number of nitrogens with two attached hydrogens (primary N) is 1. The highest BCUT2D eigenvalue weighted by atomic mass is 19.1. The predicted octanol–water partition coefficient (Wildman–Crippen LogP) is 2.55. The van der Waals surface area contributed by atoms with E-state index in [9.17, 15) is 4.39 Å². The van der Waals surface area contributed by atoms with Crippen molar-refractivity contribution in [1.29, 1.82) is 0 Å². The van der Waals surface area contributed by atoms with Crippen LogP contribution in [-0.2, 0) is 5.54 Å². The van der Waals surface area contributed by atoms with Crippen LogP contribution in [0, 0.1) is 5.82 Å². The number of halogens is 1. The van der Waals surface area contributed by atoms with Crippen molar-refractivity contribution in [3.63, 3.8) is 0 Å². The van der Waals surface area contributed by atoms with E-state index < -0.39 is 5.54 Å². The van der Waals surface area contributed by atoms with Gasteiger partial charge in [0.1, 0.15) is 5.82 Å². The van der Waals surface area contributed by atoms with Crippen molar-refractivity contribution in [3.05, 3.63) is 35.6 Å². The zero-order valence-electron chi connectivity index (χ0n) is 7.59. The van der Waals surface area contributed by atoms with E-state index in [0.29, 0.717) is 5.56 Å². The zero-order valence-corrected chi connectivity index (χ0v) is 7.59. The molecule has 2 heteroatoms. The molecular formula is C11H14FN. The lowest BCUT2D eigenvalue weighted by atomic mass is 9.89. The lowest BCUT2D eigenvalue weighted by Crippen LogP contribution is -2.34. The van der Waals surface area contributed by atoms with Crippen molar-refractivity contribution in [1.82, 2.24) is 0 Å². The average molecular weight is 179 g/mol. The highest BCUT2D eigenvalue weighted by Crippen LogP contribution is 2.37. The molecule has 70 valence electrons. The van der Waals surface area contributed by atoms with Gasteiger partial charge in [-0.25, -0.2) is 4.39 Å². The molecule has 1 nitrogen and oxygen atoms in total. The van der Waals surface area contributed by atoms with Gasteiger partial charge in [0.15, 0.2) is 0 Å². The normalized spacial score (nSPS) is 20.5. The molecular weight excluding hydrogens is 165 g/mol. The molecule has 0 saturated heterocycles. The molecule has 0 amide bonds. The van der Waals surface area contributed by atoms with Crippen LogP contribution in [-0.4, -0.2) is 0 Å². The first kappa shape index (κ1) is 8.70. The van der Waals surface area contributed by atoms with Crippen molar-refractivity contribution in [2.24, 2.45) is 5.73 Å². The van der Waals surface area contributed by atoms with Crippen molar-refractivity contribution < 1.29 is 4.39 Å². The monoisotopic (exact) mass is 179 g/mol. The van der Waals surface area contributed by atoms with Crippen LogP contribution in [0.4, 0.5) is 4.39 Å². The number of rotatable bonds is 1. The number of hydrogen-bond acceptors (Lipinski definition) is 1. The van der Waals surface area contributed by atoms with Gasteiger partial charge in [0, 0.05) is 11.1 Å². The van der Waals surface area contributed by atoms with Gasteiger partial charge >= 0.3 is 0 Å². The van der Waals surface area contributed by atoms with Crippen LogP contribution in [0.25, 0.3) is 0 Å². The molecule has 1 fully saturated rings. The van der Waals surface area contributed by atoms with Crippen LogP contribution in [0.2, 0.25) is 0 Å². The largest absolute Gasteiger partial charge is 0.321 e. The Balaban J connectivity index is 2.39. The second kappa shape index (κ2) is 3.11. The highest BCUT2D eigenvalue weighted by Gasteiger charge is 2.33. The van der Waals surface area contributed by atoms with Crippen molar-refractivity contribution in [3.8, 4) is 0 Å². The Morgan fingerprint density at radius 1 is 1.15 bits per heavy atom. The average Bonchev–Trinajstić information content (AvgIpc) is 2.54. The smallest absolute Gasteiger partial charge is 0.128 e. The first-order valence-corrected chi connectivity index (χ1v) is 4.76. The molecule has 1 saturated carbocycles. The van der Waals surface area contributed by atoms with Gasteiger partial charge in [-0.1, -0.05) is 31.0 Å². The highest BCUT2D eigenvalue weighted by molar-refractivity contribution is 5.26. The van der Waals surface area contributed by atoms with Gasteiger partial charge in [-0.15, -0.1) is 0 Å². The van der Waals surface area contributed by atoms with E-state index in [2.05, 4.69) is 0 Å². The summed E-state index contributed by atoms with van der Waals surface area (Å²) in [5.74, 6) is -0.160. The molecule has 2 rings (SSSR count). The standard InChI is InChI=1S/C11H14FN/c12-10-6-2-1-5-9(10)11(13)7-3-4-8-11/h1-2,5-6H,3-4,7-8,13H2. The molecule has 0 aromatic heterocycles. The fourth-order valence-electron chi connectivity index (χ4n) is 2.14. The minimum atomic E-state index is -0.397. The molecule has 1 aromatic carbocycles. The Bertz CT molecular complexity index is 303. The Hall–Kier alpha value is -0.890. The first-order valence-electron chi connectivity index (χ1n) is 4.76. The molecule has 1 aliphatic rings. The van der Waals surface area contributed by atoms with Gasteiger partial charge in [0.25, 0.3) is 0 Å². The summed E-state index contributed by atoms with van der Waals surface area (Å²) < 4.78 is 13.4. The molecule has 0 radical (unpaired) electrons. The Morgan fingerprint density at radius 2 is 1.77 bits per heavy atom. The summed E-state index contributed by atoms with van der Waals surface area (Å²) in [4.78, 5) is 0. The van der Waals surface area contributed by atoms with Crippen molar-refractivity contribution >= 4 is 0 Å². The summed E-state index contributed by atoms with van der Waals surface area (Å²) in [5, 5.41) is 0. The van der Waals surface area contributed by atoms with Gasteiger partial charge in [0.05, 0.1) is 0 Å². The minimum Gasteiger partial charge on any atom is -0.321 e. The molecule has 13 heavy (non-hydrogen) atoms. The van der Waals surface area contributed by atoms with Crippen LogP contribution in [0.5, 0.6) is 0 Å². The summed E-state index contributed by atoms with van der Waals surface area (Å²) in [5.41, 5.74) is 6.43. The maximum absolute atomic E-state index is 13.4. The second-order valence-corrected chi connectivity index (χ2v) is 3.84. The Kier molecular flexibility index (Phi) is 2.08.